The fourth-order valence-electron chi connectivity index (χ4n) is 2.08. The number of hydrogen-bond acceptors (Lipinski definition) is 3. The Morgan fingerprint density at radius 1 is 1.32 bits per heavy atom. The third-order valence-corrected chi connectivity index (χ3v) is 3.92. The number of halogens is 1. The van der Waals surface area contributed by atoms with Crippen LogP contribution >= 0.6 is 11.3 Å². The van der Waals surface area contributed by atoms with Crippen molar-refractivity contribution in [3.63, 3.8) is 0 Å². The average Bonchev–Trinajstić information content (AvgIpc) is 3.01. The molecule has 0 bridgehead atoms. The van der Waals surface area contributed by atoms with Crippen molar-refractivity contribution in [3.05, 3.63) is 47.1 Å². The summed E-state index contributed by atoms with van der Waals surface area (Å²) < 4.78 is 13.5. The number of H-pyrrole nitrogens is 1. The van der Waals surface area contributed by atoms with E-state index in [-0.39, 0.29) is 5.82 Å². The molecule has 19 heavy (non-hydrogen) atoms. The summed E-state index contributed by atoms with van der Waals surface area (Å²) in [6.45, 7) is 1.93. The number of aryl methyl sites for hydroxylation is 1. The summed E-state index contributed by atoms with van der Waals surface area (Å²) in [5.74, 6) is 0.159. The molecule has 0 spiro atoms. The maximum Gasteiger partial charge on any atom is 0.154 e. The van der Waals surface area contributed by atoms with Crippen molar-refractivity contribution < 1.29 is 4.39 Å². The van der Waals surface area contributed by atoms with Crippen molar-refractivity contribution in [2.45, 2.75) is 6.92 Å². The number of rotatable bonds is 2. The number of thiophene rings is 1. The number of anilines is 1. The van der Waals surface area contributed by atoms with Crippen LogP contribution in [0.2, 0.25) is 0 Å². The third-order valence-electron chi connectivity index (χ3n) is 3.03. The SMILES string of the molecule is Cc1ccc(F)cc1-c1[nH]nc(N)c1-c1cccs1. The van der Waals surface area contributed by atoms with Gasteiger partial charge in [-0.3, -0.25) is 5.10 Å². The van der Waals surface area contributed by atoms with Crippen molar-refractivity contribution in [1.82, 2.24) is 10.2 Å². The molecule has 3 N–H and O–H groups in total. The molecule has 0 aliphatic carbocycles. The van der Waals surface area contributed by atoms with E-state index in [4.69, 9.17) is 5.73 Å². The standard InChI is InChI=1S/C14H12FN3S/c1-8-4-5-9(15)7-10(8)13-12(14(16)18-17-13)11-3-2-6-19-11/h2-7H,1H3,(H3,16,17,18). The normalized spacial score (nSPS) is 10.8. The molecule has 2 aromatic heterocycles. The van der Waals surface area contributed by atoms with Gasteiger partial charge in [0.05, 0.1) is 11.3 Å². The molecule has 3 aromatic rings. The van der Waals surface area contributed by atoms with Gasteiger partial charge in [-0.15, -0.1) is 11.3 Å². The summed E-state index contributed by atoms with van der Waals surface area (Å²) in [6, 6.07) is 8.63. The summed E-state index contributed by atoms with van der Waals surface area (Å²) in [5, 5.41) is 8.94. The maximum absolute atomic E-state index is 13.5. The highest BCUT2D eigenvalue weighted by Crippen LogP contribution is 2.38. The van der Waals surface area contributed by atoms with Crippen LogP contribution < -0.4 is 5.73 Å². The molecular weight excluding hydrogens is 261 g/mol. The Bertz CT molecular complexity index is 716. The second-order valence-electron chi connectivity index (χ2n) is 4.30. The Hall–Kier alpha value is -2.14. The second-order valence-corrected chi connectivity index (χ2v) is 5.24. The van der Waals surface area contributed by atoms with E-state index in [1.807, 2.05) is 24.4 Å². The van der Waals surface area contributed by atoms with Crippen LogP contribution in [0.3, 0.4) is 0 Å². The highest BCUT2D eigenvalue weighted by molar-refractivity contribution is 7.13. The van der Waals surface area contributed by atoms with Crippen molar-refractivity contribution in [3.8, 4) is 21.7 Å². The molecule has 0 atom stereocenters. The number of nitrogens with one attached hydrogen (secondary N) is 1. The number of hydrogen-bond donors (Lipinski definition) is 2. The van der Waals surface area contributed by atoms with Crippen LogP contribution in [-0.4, -0.2) is 10.2 Å². The lowest BCUT2D eigenvalue weighted by Crippen LogP contribution is -1.89. The van der Waals surface area contributed by atoms with Gasteiger partial charge in [-0.2, -0.15) is 5.10 Å². The Kier molecular flexibility index (Phi) is 2.83. The molecule has 0 saturated heterocycles. The minimum absolute atomic E-state index is 0.272. The smallest absolute Gasteiger partial charge is 0.154 e. The van der Waals surface area contributed by atoms with E-state index in [2.05, 4.69) is 10.2 Å². The second kappa shape index (κ2) is 4.51. The van der Waals surface area contributed by atoms with Crippen LogP contribution in [0.25, 0.3) is 21.7 Å². The maximum atomic E-state index is 13.5. The first-order valence-electron chi connectivity index (χ1n) is 5.81. The monoisotopic (exact) mass is 273 g/mol. The number of nitrogen functional groups attached to an aromatic ring is 1. The van der Waals surface area contributed by atoms with Gasteiger partial charge in [0.25, 0.3) is 0 Å². The fourth-order valence-corrected chi connectivity index (χ4v) is 2.87. The topological polar surface area (TPSA) is 54.7 Å². The van der Waals surface area contributed by atoms with Crippen LogP contribution in [-0.2, 0) is 0 Å². The van der Waals surface area contributed by atoms with E-state index < -0.39 is 0 Å². The predicted octanol–water partition coefficient (Wildman–Crippen LogP) is 3.83. The third kappa shape index (κ3) is 2.02. The molecule has 3 rings (SSSR count). The largest absolute Gasteiger partial charge is 0.382 e. The van der Waals surface area contributed by atoms with Crippen LogP contribution in [0.4, 0.5) is 10.2 Å². The average molecular weight is 273 g/mol. The Morgan fingerprint density at radius 2 is 2.16 bits per heavy atom. The Balaban J connectivity index is 2.24. The molecule has 0 aliphatic heterocycles. The van der Waals surface area contributed by atoms with E-state index in [1.54, 1.807) is 17.4 Å². The fraction of sp³-hybridized carbons (Fsp3) is 0.0714. The first-order chi connectivity index (χ1) is 9.16. The van der Waals surface area contributed by atoms with Crippen LogP contribution in [0.1, 0.15) is 5.56 Å². The van der Waals surface area contributed by atoms with E-state index >= 15 is 0 Å². The predicted molar refractivity (Wildman–Crippen MR) is 76.4 cm³/mol. The summed E-state index contributed by atoms with van der Waals surface area (Å²) >= 11 is 1.58. The molecule has 0 radical (unpaired) electrons. The highest BCUT2D eigenvalue weighted by atomic mass is 32.1. The number of nitrogens with zero attached hydrogens (tertiary/aromatic N) is 1. The van der Waals surface area contributed by atoms with Gasteiger partial charge < -0.3 is 5.73 Å². The minimum Gasteiger partial charge on any atom is -0.382 e. The van der Waals surface area contributed by atoms with E-state index in [0.717, 1.165) is 27.3 Å². The van der Waals surface area contributed by atoms with E-state index in [0.29, 0.717) is 5.82 Å². The number of nitrogens with two attached hydrogens (primary N) is 1. The first-order valence-corrected chi connectivity index (χ1v) is 6.69. The first kappa shape index (κ1) is 11.9. The number of benzene rings is 1. The van der Waals surface area contributed by atoms with Crippen molar-refractivity contribution in [2.75, 3.05) is 5.73 Å². The van der Waals surface area contributed by atoms with Gasteiger partial charge in [0, 0.05) is 10.4 Å². The minimum atomic E-state index is -0.272. The summed E-state index contributed by atoms with van der Waals surface area (Å²) in [5.41, 5.74) is 9.29. The molecule has 0 unspecified atom stereocenters. The molecule has 3 nitrogen and oxygen atoms in total. The van der Waals surface area contributed by atoms with Gasteiger partial charge in [-0.05, 0) is 36.1 Å². The van der Waals surface area contributed by atoms with E-state index in [1.165, 1.54) is 12.1 Å². The van der Waals surface area contributed by atoms with Crippen LogP contribution in [0.15, 0.2) is 35.7 Å². The molecule has 5 heteroatoms. The summed E-state index contributed by atoms with van der Waals surface area (Å²) in [6.07, 6.45) is 0. The Morgan fingerprint density at radius 3 is 2.89 bits per heavy atom. The molecule has 1 aromatic carbocycles. The lowest BCUT2D eigenvalue weighted by Gasteiger charge is -2.06. The molecule has 0 aliphatic rings. The number of aromatic nitrogens is 2. The van der Waals surface area contributed by atoms with Crippen molar-refractivity contribution >= 4 is 17.2 Å². The quantitative estimate of drug-likeness (QED) is 0.745. The molecule has 96 valence electrons. The molecule has 0 saturated carbocycles. The zero-order chi connectivity index (χ0) is 13.4. The van der Waals surface area contributed by atoms with Crippen molar-refractivity contribution in [1.29, 1.82) is 0 Å². The lowest BCUT2D eigenvalue weighted by atomic mass is 10.0. The van der Waals surface area contributed by atoms with Crippen molar-refractivity contribution in [2.24, 2.45) is 0 Å². The zero-order valence-electron chi connectivity index (χ0n) is 10.3. The van der Waals surface area contributed by atoms with Crippen LogP contribution in [0.5, 0.6) is 0 Å². The van der Waals surface area contributed by atoms with Gasteiger partial charge in [-0.25, -0.2) is 4.39 Å². The zero-order valence-corrected chi connectivity index (χ0v) is 11.1. The molecular formula is C14H12FN3S. The molecule has 0 fully saturated rings. The summed E-state index contributed by atoms with van der Waals surface area (Å²) in [4.78, 5) is 1.02. The van der Waals surface area contributed by atoms with Gasteiger partial charge in [0.2, 0.25) is 0 Å². The van der Waals surface area contributed by atoms with Gasteiger partial charge in [0.1, 0.15) is 5.82 Å². The summed E-state index contributed by atoms with van der Waals surface area (Å²) in [7, 11) is 0. The lowest BCUT2D eigenvalue weighted by molar-refractivity contribution is 0.628. The Labute approximate surface area is 113 Å². The van der Waals surface area contributed by atoms with Gasteiger partial charge >= 0.3 is 0 Å². The van der Waals surface area contributed by atoms with Crippen LogP contribution in [0, 0.1) is 12.7 Å². The molecule has 0 amide bonds. The highest BCUT2D eigenvalue weighted by Gasteiger charge is 2.17. The van der Waals surface area contributed by atoms with E-state index in [9.17, 15) is 4.39 Å². The molecule has 2 heterocycles. The van der Waals surface area contributed by atoms with Gasteiger partial charge in [-0.1, -0.05) is 12.1 Å². The number of aromatic amines is 1. The van der Waals surface area contributed by atoms with Gasteiger partial charge in [0.15, 0.2) is 5.82 Å².